The van der Waals surface area contributed by atoms with Gasteiger partial charge in [0.25, 0.3) is 0 Å². The summed E-state index contributed by atoms with van der Waals surface area (Å²) in [7, 11) is 0. The fourth-order valence-electron chi connectivity index (χ4n) is 4.58. The molecule has 2 atom stereocenters. The molecule has 168 valence electrons. The third-order valence-corrected chi connectivity index (χ3v) is 6.23. The Morgan fingerprint density at radius 3 is 2.61 bits per heavy atom. The van der Waals surface area contributed by atoms with Gasteiger partial charge in [0.2, 0.25) is 5.91 Å². The van der Waals surface area contributed by atoms with Crippen LogP contribution in [0.3, 0.4) is 0 Å². The topological polar surface area (TPSA) is 48.5 Å². The van der Waals surface area contributed by atoms with E-state index in [1.54, 1.807) is 17.0 Å². The van der Waals surface area contributed by atoms with E-state index >= 15 is 0 Å². The number of rotatable bonds is 4. The lowest BCUT2D eigenvalue weighted by Crippen LogP contribution is -2.46. The largest absolute Gasteiger partial charge is 0.418 e. The second kappa shape index (κ2) is 8.61. The van der Waals surface area contributed by atoms with Gasteiger partial charge in [-0.05, 0) is 44.0 Å². The third kappa shape index (κ3) is 4.76. The highest BCUT2D eigenvalue weighted by Gasteiger charge is 2.35. The van der Waals surface area contributed by atoms with Gasteiger partial charge in [-0.3, -0.25) is 14.7 Å². The van der Waals surface area contributed by atoms with Gasteiger partial charge < -0.3 is 10.2 Å². The number of nitrogens with zero attached hydrogens (tertiary/aromatic N) is 3. The summed E-state index contributed by atoms with van der Waals surface area (Å²) in [6.45, 7) is 3.71. The van der Waals surface area contributed by atoms with Crippen LogP contribution in [0, 0.1) is 0 Å². The first kappa shape index (κ1) is 21.8. The van der Waals surface area contributed by atoms with E-state index in [0.29, 0.717) is 30.6 Å². The van der Waals surface area contributed by atoms with Gasteiger partial charge in [0.1, 0.15) is 6.17 Å². The standard InChI is InChI=1S/C22H26F4N4O/c1-14-11-15(23)12-30(14)20(31)13-29-9-6-16(7-10-29)28-19-5-4-18(22(24,25)26)21-17(19)3-2-8-27-21/h2-5,8,14-16,28H,6-7,9-13H2,1H3/t14-,15+/m1/s1. The molecule has 3 heterocycles. The van der Waals surface area contributed by atoms with Crippen molar-refractivity contribution < 1.29 is 22.4 Å². The minimum absolute atomic E-state index is 0.0427. The highest BCUT2D eigenvalue weighted by molar-refractivity contribution is 5.93. The number of anilines is 1. The predicted octanol–water partition coefficient (Wildman–Crippen LogP) is 4.09. The summed E-state index contributed by atoms with van der Waals surface area (Å²) in [6.07, 6.45) is -2.12. The van der Waals surface area contributed by atoms with E-state index < -0.39 is 17.9 Å². The molecule has 1 aromatic heterocycles. The lowest BCUT2D eigenvalue weighted by molar-refractivity contribution is -0.136. The number of carbonyl (C=O) groups is 1. The SMILES string of the molecule is C[C@@H]1C[C@H](F)CN1C(=O)CN1CCC(Nc2ccc(C(F)(F)F)c3ncccc23)CC1. The number of aromatic nitrogens is 1. The number of alkyl halides is 4. The molecular formula is C22H26F4N4O. The number of halogens is 4. The van der Waals surface area contributed by atoms with E-state index in [0.717, 1.165) is 18.9 Å². The van der Waals surface area contributed by atoms with Crippen molar-refractivity contribution in [2.45, 2.75) is 50.6 Å². The molecule has 1 amide bonds. The minimum Gasteiger partial charge on any atom is -0.382 e. The van der Waals surface area contributed by atoms with Gasteiger partial charge in [0, 0.05) is 48.9 Å². The van der Waals surface area contributed by atoms with Crippen LogP contribution in [0.15, 0.2) is 30.5 Å². The van der Waals surface area contributed by atoms with E-state index in [9.17, 15) is 22.4 Å². The first-order chi connectivity index (χ1) is 14.7. The zero-order valence-corrected chi connectivity index (χ0v) is 17.3. The molecule has 2 aliphatic rings. The first-order valence-electron chi connectivity index (χ1n) is 10.6. The molecule has 5 nitrogen and oxygen atoms in total. The smallest absolute Gasteiger partial charge is 0.382 e. The summed E-state index contributed by atoms with van der Waals surface area (Å²) in [5.74, 6) is -0.0427. The van der Waals surface area contributed by atoms with Gasteiger partial charge >= 0.3 is 6.18 Å². The molecule has 0 bridgehead atoms. The van der Waals surface area contributed by atoms with E-state index in [4.69, 9.17) is 0 Å². The van der Waals surface area contributed by atoms with Crippen molar-refractivity contribution >= 4 is 22.5 Å². The Labute approximate surface area is 178 Å². The summed E-state index contributed by atoms with van der Waals surface area (Å²) in [5.41, 5.74) is -0.173. The first-order valence-corrected chi connectivity index (χ1v) is 10.6. The van der Waals surface area contributed by atoms with Gasteiger partial charge in [-0.15, -0.1) is 0 Å². The lowest BCUT2D eigenvalue weighted by Gasteiger charge is -2.34. The molecule has 31 heavy (non-hydrogen) atoms. The summed E-state index contributed by atoms with van der Waals surface area (Å²) >= 11 is 0. The van der Waals surface area contributed by atoms with Crippen molar-refractivity contribution in [3.8, 4) is 0 Å². The number of hydrogen-bond donors (Lipinski definition) is 1. The normalized spacial score (nSPS) is 23.5. The summed E-state index contributed by atoms with van der Waals surface area (Å²) < 4.78 is 53.4. The summed E-state index contributed by atoms with van der Waals surface area (Å²) in [4.78, 5) is 20.1. The Morgan fingerprint density at radius 2 is 1.97 bits per heavy atom. The van der Waals surface area contributed by atoms with Crippen LogP contribution < -0.4 is 5.32 Å². The van der Waals surface area contributed by atoms with Crippen molar-refractivity contribution in [2.75, 3.05) is 31.5 Å². The number of fused-ring (bicyclic) bond motifs is 1. The quantitative estimate of drug-likeness (QED) is 0.731. The van der Waals surface area contributed by atoms with Crippen molar-refractivity contribution in [1.82, 2.24) is 14.8 Å². The van der Waals surface area contributed by atoms with Crippen molar-refractivity contribution in [1.29, 1.82) is 0 Å². The molecule has 2 aliphatic heterocycles. The Balaban J connectivity index is 1.37. The lowest BCUT2D eigenvalue weighted by atomic mass is 10.0. The van der Waals surface area contributed by atoms with E-state index in [1.165, 1.54) is 12.3 Å². The van der Waals surface area contributed by atoms with E-state index in [1.807, 2.05) is 6.92 Å². The molecule has 0 aliphatic carbocycles. The van der Waals surface area contributed by atoms with Crippen molar-refractivity contribution in [2.24, 2.45) is 0 Å². The maximum Gasteiger partial charge on any atom is 0.418 e. The van der Waals surface area contributed by atoms with Gasteiger partial charge in [-0.25, -0.2) is 4.39 Å². The molecule has 2 aromatic rings. The molecule has 2 fully saturated rings. The summed E-state index contributed by atoms with van der Waals surface area (Å²) in [5, 5.41) is 3.81. The Hall–Kier alpha value is -2.42. The zero-order chi connectivity index (χ0) is 22.2. The average Bonchev–Trinajstić information content (AvgIpc) is 3.07. The number of likely N-dealkylation sites (tertiary alicyclic amines) is 2. The van der Waals surface area contributed by atoms with E-state index in [2.05, 4.69) is 15.2 Å². The highest BCUT2D eigenvalue weighted by atomic mass is 19.4. The molecule has 0 unspecified atom stereocenters. The number of carbonyl (C=O) groups excluding carboxylic acids is 1. The molecule has 1 aromatic carbocycles. The van der Waals surface area contributed by atoms with Gasteiger partial charge in [-0.2, -0.15) is 13.2 Å². The van der Waals surface area contributed by atoms with Crippen LogP contribution in [0.5, 0.6) is 0 Å². The van der Waals surface area contributed by atoms with Gasteiger partial charge in [0.15, 0.2) is 0 Å². The number of amides is 1. The molecule has 4 rings (SSSR count). The maximum atomic E-state index is 13.5. The number of piperidine rings is 1. The average molecular weight is 438 g/mol. The second-order valence-electron chi connectivity index (χ2n) is 8.48. The second-order valence-corrected chi connectivity index (χ2v) is 8.48. The van der Waals surface area contributed by atoms with Crippen LogP contribution >= 0.6 is 0 Å². The van der Waals surface area contributed by atoms with E-state index in [-0.39, 0.29) is 36.6 Å². The number of hydrogen-bond acceptors (Lipinski definition) is 4. The number of pyridine rings is 1. The summed E-state index contributed by atoms with van der Waals surface area (Å²) in [6, 6.07) is 5.83. The molecule has 9 heteroatoms. The van der Waals surface area contributed by atoms with Crippen LogP contribution in [0.1, 0.15) is 31.7 Å². The predicted molar refractivity (Wildman–Crippen MR) is 111 cm³/mol. The fraction of sp³-hybridized carbons (Fsp3) is 0.545. The number of benzene rings is 1. The Kier molecular flexibility index (Phi) is 6.05. The molecule has 2 saturated heterocycles. The Morgan fingerprint density at radius 1 is 1.23 bits per heavy atom. The molecule has 1 N–H and O–H groups in total. The minimum atomic E-state index is -4.46. The molecule has 0 radical (unpaired) electrons. The van der Waals surface area contributed by atoms with Crippen molar-refractivity contribution in [3.63, 3.8) is 0 Å². The van der Waals surface area contributed by atoms with Gasteiger partial charge in [-0.1, -0.05) is 0 Å². The zero-order valence-electron chi connectivity index (χ0n) is 17.3. The van der Waals surface area contributed by atoms with Crippen LogP contribution in [-0.2, 0) is 11.0 Å². The maximum absolute atomic E-state index is 13.5. The number of nitrogens with one attached hydrogen (secondary N) is 1. The third-order valence-electron chi connectivity index (χ3n) is 6.23. The fourth-order valence-corrected chi connectivity index (χ4v) is 4.58. The van der Waals surface area contributed by atoms with Crippen molar-refractivity contribution in [3.05, 3.63) is 36.0 Å². The monoisotopic (exact) mass is 438 g/mol. The molecule has 0 saturated carbocycles. The van der Waals surface area contributed by atoms with Crippen LogP contribution in [0.4, 0.5) is 23.2 Å². The molecule has 0 spiro atoms. The highest BCUT2D eigenvalue weighted by Crippen LogP contribution is 2.37. The van der Waals surface area contributed by atoms with Crippen LogP contribution in [0.25, 0.3) is 10.9 Å². The Bertz CT molecular complexity index is 943. The molecular weight excluding hydrogens is 412 g/mol. The van der Waals surface area contributed by atoms with Crippen LogP contribution in [-0.4, -0.2) is 65.1 Å². The van der Waals surface area contributed by atoms with Crippen LogP contribution in [0.2, 0.25) is 0 Å². The van der Waals surface area contributed by atoms with Gasteiger partial charge in [0.05, 0.1) is 24.2 Å².